The largest absolute Gasteiger partial charge is 0.350 e. The van der Waals surface area contributed by atoms with Gasteiger partial charge in [0.2, 0.25) is 11.8 Å². The molecule has 0 bridgehead atoms. The van der Waals surface area contributed by atoms with Gasteiger partial charge in [0.25, 0.3) is 0 Å². The van der Waals surface area contributed by atoms with Gasteiger partial charge in [-0.05, 0) is 37.1 Å². The molecule has 2 amide bonds. The molecule has 1 heterocycles. The number of anilines is 1. The van der Waals surface area contributed by atoms with Gasteiger partial charge in [-0.1, -0.05) is 19.9 Å². The van der Waals surface area contributed by atoms with Crippen molar-refractivity contribution < 1.29 is 9.59 Å². The summed E-state index contributed by atoms with van der Waals surface area (Å²) in [6.45, 7) is 9.13. The second kappa shape index (κ2) is 6.26. The topological polar surface area (TPSA) is 61.4 Å². The first-order valence-corrected chi connectivity index (χ1v) is 7.31. The Balaban J connectivity index is 2.19. The standard InChI is InChI=1S/C16H23N3O2/c1-10(2)17-8-13-5-6-14(7-11(13)3)19-9-15(20)18-16(21)12(19)4/h5-7,10,12,17H,8-9H2,1-4H3,(H,18,20,21). The van der Waals surface area contributed by atoms with E-state index >= 15 is 0 Å². The predicted octanol–water partition coefficient (Wildman–Crippen LogP) is 1.34. The molecule has 0 radical (unpaired) electrons. The Bertz CT molecular complexity index is 554. The van der Waals surface area contributed by atoms with Crippen molar-refractivity contribution in [3.8, 4) is 0 Å². The molecule has 2 N–H and O–H groups in total. The summed E-state index contributed by atoms with van der Waals surface area (Å²) in [5.41, 5.74) is 3.30. The second-order valence-electron chi connectivity index (χ2n) is 5.86. The molecule has 1 atom stereocenters. The van der Waals surface area contributed by atoms with E-state index in [1.165, 1.54) is 5.56 Å². The molecule has 1 unspecified atom stereocenters. The predicted molar refractivity (Wildman–Crippen MR) is 83.1 cm³/mol. The van der Waals surface area contributed by atoms with Crippen LogP contribution in [0.1, 0.15) is 31.9 Å². The van der Waals surface area contributed by atoms with Gasteiger partial charge in [0.05, 0.1) is 6.54 Å². The highest BCUT2D eigenvalue weighted by Crippen LogP contribution is 2.22. The zero-order valence-corrected chi connectivity index (χ0v) is 13.1. The van der Waals surface area contributed by atoms with Crippen molar-refractivity contribution >= 4 is 17.5 Å². The summed E-state index contributed by atoms with van der Waals surface area (Å²) < 4.78 is 0. The van der Waals surface area contributed by atoms with Gasteiger partial charge < -0.3 is 10.2 Å². The minimum atomic E-state index is -0.332. The van der Waals surface area contributed by atoms with E-state index in [0.717, 1.165) is 17.8 Å². The molecule has 0 spiro atoms. The number of nitrogens with one attached hydrogen (secondary N) is 2. The van der Waals surface area contributed by atoms with E-state index in [0.29, 0.717) is 6.04 Å². The van der Waals surface area contributed by atoms with Crippen molar-refractivity contribution in [2.24, 2.45) is 0 Å². The molecular weight excluding hydrogens is 266 g/mol. The van der Waals surface area contributed by atoms with E-state index in [2.05, 4.69) is 37.5 Å². The number of carbonyl (C=O) groups is 2. The summed E-state index contributed by atoms with van der Waals surface area (Å²) in [6.07, 6.45) is 0. The summed E-state index contributed by atoms with van der Waals surface area (Å²) in [5.74, 6) is -0.490. The van der Waals surface area contributed by atoms with E-state index in [-0.39, 0.29) is 24.4 Å². The molecule has 1 aliphatic heterocycles. The molecule has 5 nitrogen and oxygen atoms in total. The van der Waals surface area contributed by atoms with Crippen LogP contribution in [-0.4, -0.2) is 30.4 Å². The molecule has 1 fully saturated rings. The van der Waals surface area contributed by atoms with Crippen LogP contribution in [0.2, 0.25) is 0 Å². The zero-order valence-electron chi connectivity index (χ0n) is 13.1. The first-order valence-electron chi connectivity index (χ1n) is 7.31. The first-order chi connectivity index (χ1) is 9.88. The number of piperazine rings is 1. The lowest BCUT2D eigenvalue weighted by Crippen LogP contribution is -2.57. The van der Waals surface area contributed by atoms with Gasteiger partial charge in [0.1, 0.15) is 6.04 Å². The van der Waals surface area contributed by atoms with E-state index in [1.54, 1.807) is 0 Å². The molecule has 0 aliphatic carbocycles. The maximum atomic E-state index is 11.7. The third-order valence-corrected chi connectivity index (χ3v) is 3.78. The van der Waals surface area contributed by atoms with Crippen LogP contribution in [-0.2, 0) is 16.1 Å². The minimum Gasteiger partial charge on any atom is -0.350 e. The number of hydrogen-bond acceptors (Lipinski definition) is 4. The SMILES string of the molecule is Cc1cc(N2CC(=O)NC(=O)C2C)ccc1CNC(C)C. The number of rotatable bonds is 4. The zero-order chi connectivity index (χ0) is 15.6. The maximum absolute atomic E-state index is 11.7. The Morgan fingerprint density at radius 1 is 1.38 bits per heavy atom. The van der Waals surface area contributed by atoms with E-state index < -0.39 is 0 Å². The van der Waals surface area contributed by atoms with Crippen LogP contribution in [0, 0.1) is 6.92 Å². The molecule has 1 saturated heterocycles. The Morgan fingerprint density at radius 2 is 2.10 bits per heavy atom. The molecule has 5 heteroatoms. The summed E-state index contributed by atoms with van der Waals surface area (Å²) in [6, 6.07) is 6.19. The number of imide groups is 1. The molecule has 114 valence electrons. The molecule has 1 aromatic rings. The first kappa shape index (κ1) is 15.5. The fourth-order valence-corrected chi connectivity index (χ4v) is 2.40. The maximum Gasteiger partial charge on any atom is 0.249 e. The quantitative estimate of drug-likeness (QED) is 0.821. The van der Waals surface area contributed by atoms with Crippen LogP contribution < -0.4 is 15.5 Å². The van der Waals surface area contributed by atoms with Gasteiger partial charge in [-0.15, -0.1) is 0 Å². The van der Waals surface area contributed by atoms with Gasteiger partial charge in [0, 0.05) is 18.3 Å². The molecular formula is C16H23N3O2. The van der Waals surface area contributed by atoms with Crippen molar-refractivity contribution in [3.05, 3.63) is 29.3 Å². The van der Waals surface area contributed by atoms with Crippen molar-refractivity contribution in [1.29, 1.82) is 0 Å². The number of benzene rings is 1. The lowest BCUT2D eigenvalue weighted by atomic mass is 10.1. The number of amides is 2. The second-order valence-corrected chi connectivity index (χ2v) is 5.86. The molecule has 0 aromatic heterocycles. The average molecular weight is 289 g/mol. The van der Waals surface area contributed by atoms with Gasteiger partial charge in [0.15, 0.2) is 0 Å². The summed E-state index contributed by atoms with van der Waals surface area (Å²) in [5, 5.41) is 5.75. The fraction of sp³-hybridized carbons (Fsp3) is 0.500. The third kappa shape index (κ3) is 3.61. The highest BCUT2D eigenvalue weighted by molar-refractivity contribution is 6.04. The molecule has 21 heavy (non-hydrogen) atoms. The van der Waals surface area contributed by atoms with Crippen LogP contribution in [0.5, 0.6) is 0 Å². The van der Waals surface area contributed by atoms with Crippen LogP contribution in [0.15, 0.2) is 18.2 Å². The Morgan fingerprint density at radius 3 is 2.71 bits per heavy atom. The normalized spacial score (nSPS) is 19.1. The average Bonchev–Trinajstić information content (AvgIpc) is 2.41. The smallest absolute Gasteiger partial charge is 0.249 e. The van der Waals surface area contributed by atoms with E-state index in [1.807, 2.05) is 24.0 Å². The monoisotopic (exact) mass is 289 g/mol. The summed E-state index contributed by atoms with van der Waals surface area (Å²) >= 11 is 0. The Labute approximate surface area is 125 Å². The van der Waals surface area contributed by atoms with Gasteiger partial charge in [-0.2, -0.15) is 0 Å². The Kier molecular flexibility index (Phi) is 4.63. The van der Waals surface area contributed by atoms with Crippen LogP contribution in [0.25, 0.3) is 0 Å². The van der Waals surface area contributed by atoms with Gasteiger partial charge in [-0.25, -0.2) is 0 Å². The molecule has 1 aromatic carbocycles. The van der Waals surface area contributed by atoms with Crippen LogP contribution >= 0.6 is 0 Å². The minimum absolute atomic E-state index is 0.218. The Hall–Kier alpha value is -1.88. The number of aryl methyl sites for hydroxylation is 1. The number of hydrogen-bond donors (Lipinski definition) is 2. The van der Waals surface area contributed by atoms with Crippen molar-refractivity contribution in [2.75, 3.05) is 11.4 Å². The lowest BCUT2D eigenvalue weighted by molar-refractivity contribution is -0.132. The molecule has 2 rings (SSSR count). The van der Waals surface area contributed by atoms with Gasteiger partial charge in [-0.3, -0.25) is 14.9 Å². The molecule has 0 saturated carbocycles. The van der Waals surface area contributed by atoms with Crippen LogP contribution in [0.3, 0.4) is 0 Å². The van der Waals surface area contributed by atoms with Crippen LogP contribution in [0.4, 0.5) is 5.69 Å². The highest BCUT2D eigenvalue weighted by Gasteiger charge is 2.30. The molecule has 1 aliphatic rings. The van der Waals surface area contributed by atoms with E-state index in [4.69, 9.17) is 0 Å². The fourth-order valence-electron chi connectivity index (χ4n) is 2.40. The van der Waals surface area contributed by atoms with Crippen molar-refractivity contribution in [3.63, 3.8) is 0 Å². The lowest BCUT2D eigenvalue weighted by Gasteiger charge is -2.33. The van der Waals surface area contributed by atoms with E-state index in [9.17, 15) is 9.59 Å². The highest BCUT2D eigenvalue weighted by atomic mass is 16.2. The number of nitrogens with zero attached hydrogens (tertiary/aromatic N) is 1. The van der Waals surface area contributed by atoms with Crippen molar-refractivity contribution in [2.45, 2.75) is 46.3 Å². The number of carbonyl (C=O) groups excluding carboxylic acids is 2. The summed E-state index contributed by atoms with van der Waals surface area (Å²) in [4.78, 5) is 25.1. The van der Waals surface area contributed by atoms with Gasteiger partial charge >= 0.3 is 0 Å². The summed E-state index contributed by atoms with van der Waals surface area (Å²) in [7, 11) is 0. The van der Waals surface area contributed by atoms with Crippen molar-refractivity contribution in [1.82, 2.24) is 10.6 Å². The third-order valence-electron chi connectivity index (χ3n) is 3.78.